The van der Waals surface area contributed by atoms with Gasteiger partial charge in [0.1, 0.15) is 5.82 Å². The Hall–Kier alpha value is -3.10. The Labute approximate surface area is 137 Å². The third kappa shape index (κ3) is 3.54. The summed E-state index contributed by atoms with van der Waals surface area (Å²) >= 11 is 0. The van der Waals surface area contributed by atoms with Gasteiger partial charge in [-0.05, 0) is 35.9 Å². The van der Waals surface area contributed by atoms with Gasteiger partial charge in [-0.25, -0.2) is 9.18 Å². The number of alkyl halides is 3. The van der Waals surface area contributed by atoms with Gasteiger partial charge in [0.2, 0.25) is 0 Å². The predicted octanol–water partition coefficient (Wildman–Crippen LogP) is 2.94. The highest BCUT2D eigenvalue weighted by Crippen LogP contribution is 2.31. The van der Waals surface area contributed by atoms with Crippen LogP contribution in [0.2, 0.25) is 0 Å². The lowest BCUT2D eigenvalue weighted by Crippen LogP contribution is -2.23. The number of imidazole rings is 1. The molecule has 0 radical (unpaired) electrons. The van der Waals surface area contributed by atoms with E-state index in [4.69, 9.17) is 0 Å². The average Bonchev–Trinajstić information content (AvgIpc) is 2.90. The van der Waals surface area contributed by atoms with Crippen molar-refractivity contribution in [1.82, 2.24) is 15.3 Å². The van der Waals surface area contributed by atoms with Gasteiger partial charge in [0.15, 0.2) is 0 Å². The second-order valence-corrected chi connectivity index (χ2v) is 5.33. The number of hydrogen-bond acceptors (Lipinski definition) is 2. The van der Waals surface area contributed by atoms with Crippen LogP contribution in [0.5, 0.6) is 0 Å². The second kappa shape index (κ2) is 6.08. The molecule has 3 rings (SSSR count). The summed E-state index contributed by atoms with van der Waals surface area (Å²) in [7, 11) is 0. The van der Waals surface area contributed by atoms with Gasteiger partial charge in [-0.1, -0.05) is 6.07 Å². The quantitative estimate of drug-likeness (QED) is 0.633. The molecule has 0 spiro atoms. The van der Waals surface area contributed by atoms with Crippen LogP contribution in [0, 0.1) is 5.82 Å². The molecule has 0 saturated carbocycles. The molecule has 0 fully saturated rings. The summed E-state index contributed by atoms with van der Waals surface area (Å²) in [6.07, 6.45) is -4.77. The first kappa shape index (κ1) is 16.7. The Morgan fingerprint density at radius 2 is 1.76 bits per heavy atom. The maximum Gasteiger partial charge on any atom is 0.419 e. The van der Waals surface area contributed by atoms with Gasteiger partial charge in [0, 0.05) is 12.1 Å². The smallest absolute Gasteiger partial charge is 0.348 e. The number of rotatable bonds is 3. The van der Waals surface area contributed by atoms with Gasteiger partial charge in [0.25, 0.3) is 5.91 Å². The minimum Gasteiger partial charge on any atom is -0.348 e. The molecule has 25 heavy (non-hydrogen) atoms. The molecule has 130 valence electrons. The highest BCUT2D eigenvalue weighted by Gasteiger charge is 2.33. The SMILES string of the molecule is O=C(NCc1ccc(C(F)(F)F)c(F)c1)c1ccc2[nH]c(=O)[nH]c2c1. The fraction of sp³-hybridized carbons (Fsp3) is 0.125. The van der Waals surface area contributed by atoms with Gasteiger partial charge >= 0.3 is 11.9 Å². The second-order valence-electron chi connectivity index (χ2n) is 5.33. The van der Waals surface area contributed by atoms with Crippen LogP contribution < -0.4 is 11.0 Å². The summed E-state index contributed by atoms with van der Waals surface area (Å²) in [5.74, 6) is -1.91. The van der Waals surface area contributed by atoms with Gasteiger partial charge in [-0.2, -0.15) is 13.2 Å². The molecular weight excluding hydrogens is 342 g/mol. The van der Waals surface area contributed by atoms with Gasteiger partial charge in [-0.15, -0.1) is 0 Å². The first-order valence-electron chi connectivity index (χ1n) is 7.10. The maximum absolute atomic E-state index is 13.5. The average molecular weight is 353 g/mol. The molecule has 1 amide bonds. The van der Waals surface area contributed by atoms with Crippen LogP contribution in [0.15, 0.2) is 41.2 Å². The third-order valence-electron chi connectivity index (χ3n) is 3.57. The van der Waals surface area contributed by atoms with E-state index in [-0.39, 0.29) is 17.7 Å². The Morgan fingerprint density at radius 3 is 2.44 bits per heavy atom. The normalized spacial score (nSPS) is 11.7. The number of aromatic nitrogens is 2. The standard InChI is InChI=1S/C16H11F4N3O2/c17-11-5-8(1-3-10(11)16(18,19)20)7-21-14(24)9-2-4-12-13(6-9)23-15(25)22-12/h1-6H,7H2,(H,21,24)(H2,22,23,25). The van der Waals surface area contributed by atoms with Crippen LogP contribution in [-0.4, -0.2) is 15.9 Å². The van der Waals surface area contributed by atoms with Crippen LogP contribution in [-0.2, 0) is 12.7 Å². The molecule has 0 unspecified atom stereocenters. The van der Waals surface area contributed by atoms with Crippen molar-refractivity contribution in [3.8, 4) is 0 Å². The summed E-state index contributed by atoms with van der Waals surface area (Å²) in [5, 5.41) is 2.48. The monoisotopic (exact) mass is 353 g/mol. The van der Waals surface area contributed by atoms with Gasteiger partial charge in [0.05, 0.1) is 16.6 Å². The number of hydrogen-bond donors (Lipinski definition) is 3. The van der Waals surface area contributed by atoms with E-state index >= 15 is 0 Å². The van der Waals surface area contributed by atoms with E-state index in [2.05, 4.69) is 15.3 Å². The Balaban J connectivity index is 1.73. The van der Waals surface area contributed by atoms with Crippen LogP contribution in [0.1, 0.15) is 21.5 Å². The molecule has 9 heteroatoms. The molecule has 0 bridgehead atoms. The fourth-order valence-corrected chi connectivity index (χ4v) is 2.36. The molecule has 0 aliphatic heterocycles. The molecule has 1 heterocycles. The lowest BCUT2D eigenvalue weighted by Gasteiger charge is -2.10. The number of H-pyrrole nitrogens is 2. The van der Waals surface area contributed by atoms with Crippen molar-refractivity contribution in [2.75, 3.05) is 0 Å². The number of carbonyl (C=O) groups excluding carboxylic acids is 1. The van der Waals surface area contributed by atoms with Gasteiger partial charge < -0.3 is 15.3 Å². The molecule has 3 aromatic rings. The van der Waals surface area contributed by atoms with E-state index in [9.17, 15) is 27.2 Å². The first-order chi connectivity index (χ1) is 11.7. The maximum atomic E-state index is 13.5. The van der Waals surface area contributed by atoms with E-state index in [0.717, 1.165) is 12.1 Å². The molecule has 0 saturated heterocycles. The van der Waals surface area contributed by atoms with Crippen LogP contribution >= 0.6 is 0 Å². The number of benzene rings is 2. The predicted molar refractivity (Wildman–Crippen MR) is 81.5 cm³/mol. The van der Waals surface area contributed by atoms with Crippen LogP contribution in [0.3, 0.4) is 0 Å². The summed E-state index contributed by atoms with van der Waals surface area (Å²) in [6, 6.07) is 6.94. The molecule has 1 aromatic heterocycles. The number of aromatic amines is 2. The van der Waals surface area contributed by atoms with Crippen LogP contribution in [0.25, 0.3) is 11.0 Å². The van der Waals surface area contributed by atoms with E-state index < -0.39 is 29.2 Å². The molecule has 0 atom stereocenters. The fourth-order valence-electron chi connectivity index (χ4n) is 2.36. The van der Waals surface area contributed by atoms with Crippen molar-refractivity contribution in [3.63, 3.8) is 0 Å². The Bertz CT molecular complexity index is 1000. The molecular formula is C16H11F4N3O2. The van der Waals surface area contributed by atoms with Crippen molar-refractivity contribution >= 4 is 16.9 Å². The summed E-state index contributed by atoms with van der Waals surface area (Å²) in [5.41, 5.74) is -0.355. The van der Waals surface area contributed by atoms with E-state index in [1.165, 1.54) is 12.1 Å². The topological polar surface area (TPSA) is 77.8 Å². The van der Waals surface area contributed by atoms with E-state index in [0.29, 0.717) is 17.1 Å². The van der Waals surface area contributed by atoms with Crippen molar-refractivity contribution in [3.05, 3.63) is 69.4 Å². The molecule has 2 aromatic carbocycles. The summed E-state index contributed by atoms with van der Waals surface area (Å²) < 4.78 is 51.0. The largest absolute Gasteiger partial charge is 0.419 e. The summed E-state index contributed by atoms with van der Waals surface area (Å²) in [4.78, 5) is 28.3. The van der Waals surface area contributed by atoms with Crippen molar-refractivity contribution in [1.29, 1.82) is 0 Å². The number of fused-ring (bicyclic) bond motifs is 1. The molecule has 0 aliphatic rings. The number of halogens is 4. The molecule has 0 aliphatic carbocycles. The lowest BCUT2D eigenvalue weighted by molar-refractivity contribution is -0.140. The third-order valence-corrected chi connectivity index (χ3v) is 3.57. The van der Waals surface area contributed by atoms with Crippen molar-refractivity contribution in [2.45, 2.75) is 12.7 Å². The summed E-state index contributed by atoms with van der Waals surface area (Å²) in [6.45, 7) is -0.143. The van der Waals surface area contributed by atoms with Crippen LogP contribution in [0.4, 0.5) is 17.6 Å². The number of nitrogens with one attached hydrogen (secondary N) is 3. The molecule has 3 N–H and O–H groups in total. The highest BCUT2D eigenvalue weighted by atomic mass is 19.4. The Kier molecular flexibility index (Phi) is 4.07. The Morgan fingerprint density at radius 1 is 1.04 bits per heavy atom. The van der Waals surface area contributed by atoms with Crippen molar-refractivity contribution < 1.29 is 22.4 Å². The lowest BCUT2D eigenvalue weighted by atomic mass is 10.1. The zero-order valence-electron chi connectivity index (χ0n) is 12.5. The van der Waals surface area contributed by atoms with E-state index in [1.54, 1.807) is 6.07 Å². The highest BCUT2D eigenvalue weighted by molar-refractivity contribution is 5.97. The minimum atomic E-state index is -4.77. The first-order valence-corrected chi connectivity index (χ1v) is 7.10. The zero-order valence-corrected chi connectivity index (χ0v) is 12.5. The van der Waals surface area contributed by atoms with Gasteiger partial charge in [-0.3, -0.25) is 4.79 Å². The zero-order chi connectivity index (χ0) is 18.2. The minimum absolute atomic E-state index is 0.143. The van der Waals surface area contributed by atoms with Crippen molar-refractivity contribution in [2.24, 2.45) is 0 Å². The number of amides is 1. The number of carbonyl (C=O) groups is 1. The molecule has 5 nitrogen and oxygen atoms in total. The van der Waals surface area contributed by atoms with E-state index in [1.807, 2.05) is 0 Å².